The van der Waals surface area contributed by atoms with Crippen LogP contribution in [-0.4, -0.2) is 42.5 Å². The van der Waals surface area contributed by atoms with Gasteiger partial charge in [0.05, 0.1) is 11.1 Å². The Kier molecular flexibility index (Phi) is 5.51. The first-order chi connectivity index (χ1) is 11.6. The molecule has 0 saturated carbocycles. The van der Waals surface area contributed by atoms with Crippen molar-refractivity contribution in [1.29, 1.82) is 0 Å². The number of aryl methyl sites for hydroxylation is 1. The van der Waals surface area contributed by atoms with Crippen molar-refractivity contribution < 1.29 is 4.79 Å². The summed E-state index contributed by atoms with van der Waals surface area (Å²) in [5.41, 5.74) is 2.54. The predicted molar refractivity (Wildman–Crippen MR) is 101 cm³/mol. The van der Waals surface area contributed by atoms with Gasteiger partial charge in [-0.05, 0) is 70.0 Å². The highest BCUT2D eigenvalue weighted by atomic mass is 79.9. The van der Waals surface area contributed by atoms with E-state index in [1.807, 2.05) is 43.1 Å². The van der Waals surface area contributed by atoms with Gasteiger partial charge in [-0.25, -0.2) is 0 Å². The minimum atomic E-state index is 0.135. The number of rotatable bonds is 4. The van der Waals surface area contributed by atoms with Gasteiger partial charge < -0.3 is 10.2 Å². The fourth-order valence-electron chi connectivity index (χ4n) is 3.45. The van der Waals surface area contributed by atoms with Gasteiger partial charge >= 0.3 is 0 Å². The summed E-state index contributed by atoms with van der Waals surface area (Å²) < 4.78 is 0.973. The van der Waals surface area contributed by atoms with Crippen LogP contribution in [0.5, 0.6) is 0 Å². The van der Waals surface area contributed by atoms with E-state index in [-0.39, 0.29) is 5.91 Å². The van der Waals surface area contributed by atoms with E-state index in [2.05, 4.69) is 26.2 Å². The van der Waals surface area contributed by atoms with Crippen LogP contribution in [0, 0.1) is 12.8 Å². The molecule has 1 saturated heterocycles. The molecule has 0 aliphatic carbocycles. The molecule has 3 rings (SSSR count). The lowest BCUT2D eigenvalue weighted by atomic mass is 9.93. The lowest BCUT2D eigenvalue weighted by molar-refractivity contribution is 0.0689. The van der Waals surface area contributed by atoms with Crippen LogP contribution >= 0.6 is 15.9 Å². The fourth-order valence-corrected chi connectivity index (χ4v) is 3.81. The molecule has 1 aromatic heterocycles. The van der Waals surface area contributed by atoms with Crippen LogP contribution in [0.15, 0.2) is 28.7 Å². The van der Waals surface area contributed by atoms with E-state index in [9.17, 15) is 4.79 Å². The zero-order valence-corrected chi connectivity index (χ0v) is 15.9. The SMILES string of the molecule is CNCCC1CCN(C(=O)c2cc(C)nc3ccc(Br)cc23)CC1. The summed E-state index contributed by atoms with van der Waals surface area (Å²) in [4.78, 5) is 19.6. The molecule has 5 heteroatoms. The lowest BCUT2D eigenvalue weighted by Crippen LogP contribution is -2.39. The van der Waals surface area contributed by atoms with Gasteiger partial charge in [0, 0.05) is 28.6 Å². The normalized spacial score (nSPS) is 15.9. The van der Waals surface area contributed by atoms with E-state index >= 15 is 0 Å². The maximum absolute atomic E-state index is 13.1. The first-order valence-corrected chi connectivity index (χ1v) is 9.38. The molecule has 0 radical (unpaired) electrons. The van der Waals surface area contributed by atoms with Crippen molar-refractivity contribution in [2.75, 3.05) is 26.7 Å². The van der Waals surface area contributed by atoms with E-state index in [4.69, 9.17) is 0 Å². The quantitative estimate of drug-likeness (QED) is 0.865. The van der Waals surface area contributed by atoms with Crippen LogP contribution in [0.2, 0.25) is 0 Å². The average Bonchev–Trinajstić information content (AvgIpc) is 2.59. The second-order valence-corrected chi connectivity index (χ2v) is 7.52. The van der Waals surface area contributed by atoms with Gasteiger partial charge in [-0.15, -0.1) is 0 Å². The van der Waals surface area contributed by atoms with Crippen molar-refractivity contribution in [3.8, 4) is 0 Å². The summed E-state index contributed by atoms with van der Waals surface area (Å²) >= 11 is 3.50. The number of nitrogens with zero attached hydrogens (tertiary/aromatic N) is 2. The second-order valence-electron chi connectivity index (χ2n) is 6.60. The highest BCUT2D eigenvalue weighted by molar-refractivity contribution is 9.10. The molecule has 0 atom stereocenters. The first-order valence-electron chi connectivity index (χ1n) is 8.59. The Morgan fingerprint density at radius 3 is 2.79 bits per heavy atom. The molecule has 2 aromatic rings. The standard InChI is InChI=1S/C19H24BrN3O/c1-13-11-17(16-12-15(20)3-4-18(16)22-13)19(24)23-9-6-14(7-10-23)5-8-21-2/h3-4,11-12,14,21H,5-10H2,1-2H3. The molecule has 1 aliphatic rings. The minimum Gasteiger partial charge on any atom is -0.339 e. The molecule has 0 bridgehead atoms. The monoisotopic (exact) mass is 389 g/mol. The average molecular weight is 390 g/mol. The van der Waals surface area contributed by atoms with Crippen LogP contribution in [0.4, 0.5) is 0 Å². The largest absolute Gasteiger partial charge is 0.339 e. The van der Waals surface area contributed by atoms with Gasteiger partial charge in [0.2, 0.25) is 0 Å². The summed E-state index contributed by atoms with van der Waals surface area (Å²) in [6, 6.07) is 7.85. The van der Waals surface area contributed by atoms with Crippen molar-refractivity contribution in [3.63, 3.8) is 0 Å². The lowest BCUT2D eigenvalue weighted by Gasteiger charge is -2.32. The number of piperidine rings is 1. The van der Waals surface area contributed by atoms with Gasteiger partial charge in [-0.2, -0.15) is 0 Å². The van der Waals surface area contributed by atoms with Crippen molar-refractivity contribution in [1.82, 2.24) is 15.2 Å². The minimum absolute atomic E-state index is 0.135. The summed E-state index contributed by atoms with van der Waals surface area (Å²) in [7, 11) is 1.99. The smallest absolute Gasteiger partial charge is 0.254 e. The van der Waals surface area contributed by atoms with Gasteiger partial charge in [0.1, 0.15) is 0 Å². The molecular weight excluding hydrogens is 366 g/mol. The third-order valence-electron chi connectivity index (χ3n) is 4.83. The number of carbonyl (C=O) groups is 1. The Labute approximate surface area is 151 Å². The van der Waals surface area contributed by atoms with Crippen molar-refractivity contribution >= 4 is 32.7 Å². The number of benzene rings is 1. The first kappa shape index (κ1) is 17.4. The molecule has 4 nitrogen and oxygen atoms in total. The Morgan fingerprint density at radius 2 is 2.08 bits per heavy atom. The Bertz CT molecular complexity index is 739. The maximum atomic E-state index is 13.1. The number of halogens is 1. The molecular formula is C19H24BrN3O. The van der Waals surface area contributed by atoms with Gasteiger partial charge in [0.25, 0.3) is 5.91 Å². The molecule has 0 spiro atoms. The molecule has 1 amide bonds. The number of amides is 1. The van der Waals surface area contributed by atoms with E-state index in [1.54, 1.807) is 0 Å². The highest BCUT2D eigenvalue weighted by Crippen LogP contribution is 2.26. The summed E-state index contributed by atoms with van der Waals surface area (Å²) in [5.74, 6) is 0.863. The van der Waals surface area contributed by atoms with E-state index in [0.717, 1.165) is 65.0 Å². The van der Waals surface area contributed by atoms with Crippen LogP contribution in [-0.2, 0) is 0 Å². The zero-order valence-electron chi connectivity index (χ0n) is 14.3. The second kappa shape index (κ2) is 7.62. The summed E-state index contributed by atoms with van der Waals surface area (Å²) in [6.45, 7) is 4.71. The molecule has 1 N–H and O–H groups in total. The number of likely N-dealkylation sites (tertiary alicyclic amines) is 1. The van der Waals surface area contributed by atoms with Gasteiger partial charge in [-0.1, -0.05) is 15.9 Å². The Morgan fingerprint density at radius 1 is 1.33 bits per heavy atom. The third kappa shape index (κ3) is 3.78. The topological polar surface area (TPSA) is 45.2 Å². The third-order valence-corrected chi connectivity index (χ3v) is 5.33. The fraction of sp³-hybridized carbons (Fsp3) is 0.474. The number of nitrogens with one attached hydrogen (secondary N) is 1. The predicted octanol–water partition coefficient (Wildman–Crippen LogP) is 3.77. The van der Waals surface area contributed by atoms with E-state index < -0.39 is 0 Å². The van der Waals surface area contributed by atoms with Gasteiger partial charge in [0.15, 0.2) is 0 Å². The molecule has 1 aliphatic heterocycles. The van der Waals surface area contributed by atoms with Crippen LogP contribution in [0.3, 0.4) is 0 Å². The summed E-state index contributed by atoms with van der Waals surface area (Å²) in [6.07, 6.45) is 3.39. The van der Waals surface area contributed by atoms with Crippen LogP contribution in [0.1, 0.15) is 35.3 Å². The van der Waals surface area contributed by atoms with Gasteiger partial charge in [-0.3, -0.25) is 9.78 Å². The Hall–Kier alpha value is -1.46. The number of aromatic nitrogens is 1. The number of hydrogen-bond donors (Lipinski definition) is 1. The Balaban J connectivity index is 1.81. The molecule has 0 unspecified atom stereocenters. The van der Waals surface area contributed by atoms with E-state index in [1.165, 1.54) is 6.42 Å². The number of hydrogen-bond acceptors (Lipinski definition) is 3. The number of carbonyl (C=O) groups excluding carboxylic acids is 1. The maximum Gasteiger partial charge on any atom is 0.254 e. The summed E-state index contributed by atoms with van der Waals surface area (Å²) in [5, 5.41) is 4.14. The molecule has 24 heavy (non-hydrogen) atoms. The highest BCUT2D eigenvalue weighted by Gasteiger charge is 2.24. The van der Waals surface area contributed by atoms with Crippen LogP contribution < -0.4 is 5.32 Å². The van der Waals surface area contributed by atoms with Crippen molar-refractivity contribution in [3.05, 3.63) is 40.0 Å². The number of fused-ring (bicyclic) bond motifs is 1. The van der Waals surface area contributed by atoms with Crippen molar-refractivity contribution in [2.45, 2.75) is 26.2 Å². The van der Waals surface area contributed by atoms with Crippen molar-refractivity contribution in [2.24, 2.45) is 5.92 Å². The van der Waals surface area contributed by atoms with Crippen LogP contribution in [0.25, 0.3) is 10.9 Å². The molecule has 1 aromatic carbocycles. The molecule has 128 valence electrons. The van der Waals surface area contributed by atoms with E-state index in [0.29, 0.717) is 0 Å². The molecule has 1 fully saturated rings. The zero-order chi connectivity index (χ0) is 17.1. The number of pyridine rings is 1. The molecule has 2 heterocycles.